The van der Waals surface area contributed by atoms with E-state index in [1.807, 2.05) is 85.8 Å². The number of hydrogen-bond acceptors (Lipinski definition) is 7. The average molecular weight is 591 g/mol. The minimum absolute atomic E-state index is 0.214. The Morgan fingerprint density at radius 3 is 2.50 bits per heavy atom. The average Bonchev–Trinajstić information content (AvgIpc) is 3.61. The van der Waals surface area contributed by atoms with Crippen molar-refractivity contribution in [2.75, 3.05) is 18.5 Å². The molecule has 9 heteroatoms. The van der Waals surface area contributed by atoms with Gasteiger partial charge in [-0.05, 0) is 43.2 Å². The van der Waals surface area contributed by atoms with Crippen LogP contribution < -0.4 is 5.32 Å². The summed E-state index contributed by atoms with van der Waals surface area (Å²) in [6, 6.07) is 27.5. The fourth-order valence-electron chi connectivity index (χ4n) is 5.36. The van der Waals surface area contributed by atoms with Crippen LogP contribution in [0.5, 0.6) is 0 Å². The molecule has 0 bridgehead atoms. The van der Waals surface area contributed by atoms with Crippen molar-refractivity contribution in [1.29, 1.82) is 0 Å². The Kier molecular flexibility index (Phi) is 6.89. The molecule has 0 unspecified atom stereocenters. The number of carbonyl (C=O) groups is 2. The van der Waals surface area contributed by atoms with E-state index in [9.17, 15) is 9.59 Å². The first kappa shape index (κ1) is 26.3. The van der Waals surface area contributed by atoms with Crippen LogP contribution in [0.15, 0.2) is 84.9 Å². The van der Waals surface area contributed by atoms with E-state index >= 15 is 0 Å². The Hall–Kier alpha value is -4.60. The Balaban J connectivity index is 1.32. The minimum Gasteiger partial charge on any atom is -0.450 e. The second-order valence-corrected chi connectivity index (χ2v) is 12.1. The number of hydrogen-bond donors (Lipinski definition) is 1. The molecule has 0 spiro atoms. The molecular formula is C33H26N4O3S2. The van der Waals surface area contributed by atoms with Gasteiger partial charge in [-0.3, -0.25) is 4.79 Å². The lowest BCUT2D eigenvalue weighted by Crippen LogP contribution is -2.35. The van der Waals surface area contributed by atoms with Crippen LogP contribution in [0.3, 0.4) is 0 Å². The number of nitrogens with zero attached hydrogens (tertiary/aromatic N) is 3. The van der Waals surface area contributed by atoms with Gasteiger partial charge in [0.15, 0.2) is 0 Å². The molecule has 6 aromatic rings. The highest BCUT2D eigenvalue weighted by molar-refractivity contribution is 7.23. The number of thiophene rings is 1. The molecule has 0 saturated heterocycles. The summed E-state index contributed by atoms with van der Waals surface area (Å²) in [5, 5.41) is 5.63. The number of ether oxygens (including phenoxy) is 1. The zero-order valence-corrected chi connectivity index (χ0v) is 24.4. The van der Waals surface area contributed by atoms with Crippen LogP contribution in [-0.2, 0) is 17.7 Å². The molecule has 3 aromatic heterocycles. The lowest BCUT2D eigenvalue weighted by atomic mass is 10.0. The molecule has 0 saturated carbocycles. The number of pyridine rings is 1. The highest BCUT2D eigenvalue weighted by atomic mass is 32.1. The standard InChI is InChI=1S/C33H26N4O3S2/c1-2-40-33(39)37-17-16-22-28(19-37)42-32(29(22)31-35-25-14-8-9-15-27(25)41-31)36-30(38)23-18-26(20-10-4-3-5-11-20)34-24-13-7-6-12-21(23)24/h3-15,18H,2,16-17,19H2,1H3,(H,36,38). The van der Waals surface area contributed by atoms with E-state index < -0.39 is 0 Å². The largest absolute Gasteiger partial charge is 0.450 e. The van der Waals surface area contributed by atoms with Crippen molar-refractivity contribution in [3.63, 3.8) is 0 Å². The van der Waals surface area contributed by atoms with Gasteiger partial charge in [0.05, 0.1) is 40.1 Å². The van der Waals surface area contributed by atoms with Gasteiger partial charge in [0.25, 0.3) is 5.91 Å². The summed E-state index contributed by atoms with van der Waals surface area (Å²) < 4.78 is 6.36. The molecule has 7 nitrogen and oxygen atoms in total. The van der Waals surface area contributed by atoms with Gasteiger partial charge in [-0.1, -0.05) is 60.7 Å². The third-order valence-corrected chi connectivity index (χ3v) is 9.53. The van der Waals surface area contributed by atoms with Crippen LogP contribution in [0.4, 0.5) is 9.80 Å². The molecule has 0 aliphatic carbocycles. The van der Waals surface area contributed by atoms with E-state index in [0.29, 0.717) is 31.7 Å². The number of benzene rings is 3. The Labute approximate surface area is 250 Å². The molecule has 0 fully saturated rings. The third-order valence-electron chi connectivity index (χ3n) is 7.35. The number of carbonyl (C=O) groups excluding carboxylic acids is 2. The van der Waals surface area contributed by atoms with Crippen LogP contribution in [-0.4, -0.2) is 40.0 Å². The first-order valence-corrected chi connectivity index (χ1v) is 15.4. The Bertz CT molecular complexity index is 1930. The van der Waals surface area contributed by atoms with Crippen molar-refractivity contribution in [1.82, 2.24) is 14.9 Å². The predicted molar refractivity (Wildman–Crippen MR) is 169 cm³/mol. The molecule has 0 radical (unpaired) electrons. The van der Waals surface area contributed by atoms with E-state index in [-0.39, 0.29) is 12.0 Å². The first-order valence-electron chi connectivity index (χ1n) is 13.8. The number of amides is 2. The van der Waals surface area contributed by atoms with E-state index in [4.69, 9.17) is 14.7 Å². The summed E-state index contributed by atoms with van der Waals surface area (Å²) >= 11 is 3.12. The summed E-state index contributed by atoms with van der Waals surface area (Å²) in [7, 11) is 0. The maximum atomic E-state index is 14.1. The highest BCUT2D eigenvalue weighted by Gasteiger charge is 2.30. The second-order valence-electron chi connectivity index (χ2n) is 9.96. The maximum Gasteiger partial charge on any atom is 0.410 e. The number of aromatic nitrogens is 2. The zero-order valence-electron chi connectivity index (χ0n) is 22.8. The van der Waals surface area contributed by atoms with Crippen LogP contribution in [0.2, 0.25) is 0 Å². The quantitative estimate of drug-likeness (QED) is 0.220. The van der Waals surface area contributed by atoms with E-state index in [1.165, 1.54) is 11.3 Å². The number of nitrogens with one attached hydrogen (secondary N) is 1. The van der Waals surface area contributed by atoms with Gasteiger partial charge in [-0.25, -0.2) is 14.8 Å². The van der Waals surface area contributed by atoms with Gasteiger partial charge >= 0.3 is 6.09 Å². The second kappa shape index (κ2) is 11.0. The molecule has 1 aliphatic rings. The molecule has 1 aliphatic heterocycles. The molecule has 3 aromatic carbocycles. The molecule has 7 rings (SSSR count). The van der Waals surface area contributed by atoms with E-state index in [0.717, 1.165) is 58.4 Å². The van der Waals surface area contributed by atoms with Gasteiger partial charge in [-0.15, -0.1) is 22.7 Å². The lowest BCUT2D eigenvalue weighted by Gasteiger charge is -2.26. The minimum atomic E-state index is -0.319. The smallest absolute Gasteiger partial charge is 0.410 e. The fourth-order valence-corrected chi connectivity index (χ4v) is 7.73. The van der Waals surface area contributed by atoms with Crippen LogP contribution in [0, 0.1) is 0 Å². The number of rotatable bonds is 5. The predicted octanol–water partition coefficient (Wildman–Crippen LogP) is 8.01. The summed E-state index contributed by atoms with van der Waals surface area (Å²) in [4.78, 5) is 39.2. The SMILES string of the molecule is CCOC(=O)N1CCc2c(sc(NC(=O)c3cc(-c4ccccc4)nc4ccccc34)c2-c2nc3ccccc3s2)C1. The van der Waals surface area contributed by atoms with Crippen LogP contribution >= 0.6 is 22.7 Å². The van der Waals surface area contributed by atoms with Crippen molar-refractivity contribution < 1.29 is 14.3 Å². The monoisotopic (exact) mass is 590 g/mol. The maximum absolute atomic E-state index is 14.1. The van der Waals surface area contributed by atoms with Crippen molar-refractivity contribution in [3.05, 3.63) is 101 Å². The number of fused-ring (bicyclic) bond motifs is 3. The molecule has 4 heterocycles. The van der Waals surface area contributed by atoms with E-state index in [2.05, 4.69) is 11.4 Å². The van der Waals surface area contributed by atoms with Gasteiger partial charge in [0, 0.05) is 27.9 Å². The molecule has 2 amide bonds. The topological polar surface area (TPSA) is 84.4 Å². The number of para-hydroxylation sites is 2. The van der Waals surface area contributed by atoms with Crippen LogP contribution in [0.1, 0.15) is 27.7 Å². The van der Waals surface area contributed by atoms with E-state index in [1.54, 1.807) is 16.2 Å². The Morgan fingerprint density at radius 1 is 0.929 bits per heavy atom. The normalized spacial score (nSPS) is 12.8. The van der Waals surface area contributed by atoms with Gasteiger partial charge in [-0.2, -0.15) is 0 Å². The van der Waals surface area contributed by atoms with Gasteiger partial charge in [0.2, 0.25) is 0 Å². The van der Waals surface area contributed by atoms with Gasteiger partial charge < -0.3 is 15.0 Å². The van der Waals surface area contributed by atoms with Crippen molar-refractivity contribution >= 4 is 60.8 Å². The third kappa shape index (κ3) is 4.80. The lowest BCUT2D eigenvalue weighted by molar-refractivity contribution is 0.102. The van der Waals surface area contributed by atoms with Crippen molar-refractivity contribution in [3.8, 4) is 21.8 Å². The van der Waals surface area contributed by atoms with Crippen LogP contribution in [0.25, 0.3) is 42.9 Å². The van der Waals surface area contributed by atoms with Crippen molar-refractivity contribution in [2.24, 2.45) is 0 Å². The Morgan fingerprint density at radius 2 is 1.69 bits per heavy atom. The molecular weight excluding hydrogens is 565 g/mol. The summed E-state index contributed by atoms with van der Waals surface area (Å²) in [5.74, 6) is -0.214. The summed E-state index contributed by atoms with van der Waals surface area (Å²) in [6.07, 6.45) is 0.336. The fraction of sp³-hybridized carbons (Fsp3) is 0.152. The highest BCUT2D eigenvalue weighted by Crippen LogP contribution is 2.46. The molecule has 208 valence electrons. The molecule has 1 N–H and O–H groups in total. The number of anilines is 1. The summed E-state index contributed by atoms with van der Waals surface area (Å²) in [5.41, 5.74) is 5.97. The molecule has 0 atom stereocenters. The van der Waals surface area contributed by atoms with Crippen molar-refractivity contribution in [2.45, 2.75) is 19.9 Å². The number of thiazole rings is 1. The first-order chi connectivity index (χ1) is 20.6. The zero-order chi connectivity index (χ0) is 28.6. The summed E-state index contributed by atoms with van der Waals surface area (Å²) in [6.45, 7) is 3.12. The van der Waals surface area contributed by atoms with Gasteiger partial charge in [0.1, 0.15) is 10.0 Å². The molecule has 42 heavy (non-hydrogen) atoms.